The van der Waals surface area contributed by atoms with E-state index in [1.807, 2.05) is 60.7 Å². The fourth-order valence-corrected chi connectivity index (χ4v) is 3.45. The number of aliphatic hydroxyl groups is 1. The highest BCUT2D eigenvalue weighted by Gasteiger charge is 2.25. The number of para-hydroxylation sites is 1. The first-order valence-corrected chi connectivity index (χ1v) is 9.19. The van der Waals surface area contributed by atoms with Crippen molar-refractivity contribution in [2.75, 3.05) is 32.9 Å². The molecule has 5 nitrogen and oxygen atoms in total. The zero-order valence-corrected chi connectivity index (χ0v) is 15.0. The van der Waals surface area contributed by atoms with Gasteiger partial charge in [0.1, 0.15) is 0 Å². The molecule has 1 fully saturated rings. The van der Waals surface area contributed by atoms with E-state index in [0.717, 1.165) is 22.2 Å². The number of amides is 1. The second-order valence-electron chi connectivity index (χ2n) is 6.81. The lowest BCUT2D eigenvalue weighted by Crippen LogP contribution is -2.37. The summed E-state index contributed by atoms with van der Waals surface area (Å²) in [6.45, 7) is 1.99. The quantitative estimate of drug-likeness (QED) is 0.778. The number of aromatic nitrogens is 1. The molecule has 1 aliphatic rings. The van der Waals surface area contributed by atoms with E-state index < -0.39 is 0 Å². The number of hydrogen-bond donors (Lipinski definition) is 1. The molecule has 1 atom stereocenters. The highest BCUT2D eigenvalue weighted by Crippen LogP contribution is 2.26. The summed E-state index contributed by atoms with van der Waals surface area (Å²) in [6, 6.07) is 19.5. The number of carbonyl (C=O) groups excluding carboxylic acids is 1. The summed E-state index contributed by atoms with van der Waals surface area (Å²) in [5.74, 6) is -0.104. The van der Waals surface area contributed by atoms with Gasteiger partial charge in [0.25, 0.3) is 5.91 Å². The van der Waals surface area contributed by atoms with Crippen LogP contribution in [-0.2, 0) is 4.74 Å². The van der Waals surface area contributed by atoms with Crippen LogP contribution in [-0.4, -0.2) is 53.8 Å². The minimum absolute atomic E-state index is 0.0101. The Kier molecular flexibility index (Phi) is 5.14. The lowest BCUT2D eigenvalue weighted by atomic mass is 10.0. The molecule has 1 unspecified atom stereocenters. The maximum absolute atomic E-state index is 13.4. The zero-order chi connectivity index (χ0) is 18.6. The van der Waals surface area contributed by atoms with Gasteiger partial charge < -0.3 is 14.7 Å². The molecule has 0 bridgehead atoms. The molecule has 5 heteroatoms. The van der Waals surface area contributed by atoms with Crippen molar-refractivity contribution in [3.63, 3.8) is 0 Å². The molecule has 4 rings (SSSR count). The van der Waals surface area contributed by atoms with Crippen molar-refractivity contribution in [3.8, 4) is 11.3 Å². The van der Waals surface area contributed by atoms with E-state index in [1.54, 1.807) is 4.90 Å². The Balaban J connectivity index is 1.78. The van der Waals surface area contributed by atoms with Gasteiger partial charge in [-0.25, -0.2) is 4.98 Å². The Bertz CT molecular complexity index is 943. The lowest BCUT2D eigenvalue weighted by Gasteiger charge is -2.23. The first kappa shape index (κ1) is 17.6. The fraction of sp³-hybridized carbons (Fsp3) is 0.273. The van der Waals surface area contributed by atoms with Crippen molar-refractivity contribution >= 4 is 16.8 Å². The van der Waals surface area contributed by atoms with Gasteiger partial charge in [0.15, 0.2) is 0 Å². The van der Waals surface area contributed by atoms with Crippen molar-refractivity contribution < 1.29 is 14.6 Å². The molecule has 0 spiro atoms. The number of pyridine rings is 1. The average Bonchev–Trinajstić information content (AvgIpc) is 2.99. The topological polar surface area (TPSA) is 62.7 Å². The number of ether oxygens (including phenoxy) is 1. The first-order chi connectivity index (χ1) is 13.3. The van der Waals surface area contributed by atoms with Crippen LogP contribution in [0.5, 0.6) is 0 Å². The monoisotopic (exact) mass is 362 g/mol. The van der Waals surface area contributed by atoms with Crippen molar-refractivity contribution in [1.29, 1.82) is 0 Å². The summed E-state index contributed by atoms with van der Waals surface area (Å²) < 4.78 is 5.53. The van der Waals surface area contributed by atoms with Crippen molar-refractivity contribution in [2.45, 2.75) is 0 Å². The summed E-state index contributed by atoms with van der Waals surface area (Å²) in [5.41, 5.74) is 3.19. The number of carbonyl (C=O) groups is 1. The number of nitrogens with zero attached hydrogens (tertiary/aromatic N) is 2. The van der Waals surface area contributed by atoms with E-state index >= 15 is 0 Å². The van der Waals surface area contributed by atoms with Crippen molar-refractivity contribution in [3.05, 3.63) is 66.2 Å². The average molecular weight is 362 g/mol. The second-order valence-corrected chi connectivity index (χ2v) is 6.81. The minimum Gasteiger partial charge on any atom is -0.396 e. The standard InChI is InChI=1S/C22H22N2O3/c25-14-16-13-24(10-11-27-15-16)22(26)19-12-21(17-6-2-1-3-7-17)23-20-9-5-4-8-18(19)20/h1-9,12,16,25H,10-11,13-15H2. The molecule has 0 radical (unpaired) electrons. The van der Waals surface area contributed by atoms with Crippen molar-refractivity contribution in [1.82, 2.24) is 9.88 Å². The molecular weight excluding hydrogens is 340 g/mol. The first-order valence-electron chi connectivity index (χ1n) is 9.19. The summed E-state index contributed by atoms with van der Waals surface area (Å²) >= 11 is 0. The van der Waals surface area contributed by atoms with Gasteiger partial charge in [-0.15, -0.1) is 0 Å². The van der Waals surface area contributed by atoms with Crippen LogP contribution in [0.1, 0.15) is 10.4 Å². The van der Waals surface area contributed by atoms with Crippen LogP contribution in [0.3, 0.4) is 0 Å². The number of benzene rings is 2. The van der Waals surface area contributed by atoms with Gasteiger partial charge in [-0.2, -0.15) is 0 Å². The Hall–Kier alpha value is -2.76. The maximum atomic E-state index is 13.4. The predicted octanol–water partition coefficient (Wildman–Crippen LogP) is 2.98. The smallest absolute Gasteiger partial charge is 0.254 e. The third kappa shape index (κ3) is 3.70. The molecule has 1 N–H and O–H groups in total. The summed E-state index contributed by atoms with van der Waals surface area (Å²) in [5, 5.41) is 10.4. The SMILES string of the molecule is O=C(c1cc(-c2ccccc2)nc2ccccc12)N1CCOCC(CO)C1. The Morgan fingerprint density at radius 2 is 1.93 bits per heavy atom. The van der Waals surface area contributed by atoms with E-state index in [-0.39, 0.29) is 18.4 Å². The van der Waals surface area contributed by atoms with Crippen LogP contribution in [0.4, 0.5) is 0 Å². The molecular formula is C22H22N2O3. The normalized spacial score (nSPS) is 17.7. The lowest BCUT2D eigenvalue weighted by molar-refractivity contribution is 0.0730. The number of aliphatic hydroxyl groups excluding tert-OH is 1. The molecule has 27 heavy (non-hydrogen) atoms. The molecule has 2 heterocycles. The largest absolute Gasteiger partial charge is 0.396 e. The van der Waals surface area contributed by atoms with E-state index in [4.69, 9.17) is 9.72 Å². The van der Waals surface area contributed by atoms with Crippen LogP contribution in [0.25, 0.3) is 22.2 Å². The maximum Gasteiger partial charge on any atom is 0.254 e. The Morgan fingerprint density at radius 1 is 1.15 bits per heavy atom. The molecule has 0 saturated carbocycles. The van der Waals surface area contributed by atoms with E-state index in [2.05, 4.69) is 0 Å². The van der Waals surface area contributed by atoms with Crippen LogP contribution in [0.2, 0.25) is 0 Å². The van der Waals surface area contributed by atoms with Crippen LogP contribution in [0.15, 0.2) is 60.7 Å². The van der Waals surface area contributed by atoms with Gasteiger partial charge in [0.2, 0.25) is 0 Å². The van der Waals surface area contributed by atoms with Crippen LogP contribution >= 0.6 is 0 Å². The van der Waals surface area contributed by atoms with E-state index in [9.17, 15) is 9.90 Å². The number of rotatable bonds is 3. The Labute approximate surface area is 158 Å². The Morgan fingerprint density at radius 3 is 2.74 bits per heavy atom. The van der Waals surface area contributed by atoms with E-state index in [0.29, 0.717) is 31.9 Å². The van der Waals surface area contributed by atoms with Gasteiger partial charge in [-0.3, -0.25) is 4.79 Å². The third-order valence-corrected chi connectivity index (χ3v) is 4.90. The molecule has 1 aromatic heterocycles. The highest BCUT2D eigenvalue weighted by atomic mass is 16.5. The third-order valence-electron chi connectivity index (χ3n) is 4.90. The van der Waals surface area contributed by atoms with Gasteiger partial charge in [-0.05, 0) is 12.1 Å². The fourth-order valence-electron chi connectivity index (χ4n) is 3.45. The zero-order valence-electron chi connectivity index (χ0n) is 15.0. The van der Waals surface area contributed by atoms with Gasteiger partial charge in [0, 0.05) is 36.6 Å². The molecule has 1 amide bonds. The van der Waals surface area contributed by atoms with E-state index in [1.165, 1.54) is 0 Å². The molecule has 0 aliphatic carbocycles. The minimum atomic E-state index is -0.0573. The van der Waals surface area contributed by atoms with Crippen LogP contribution in [0, 0.1) is 5.92 Å². The van der Waals surface area contributed by atoms with Gasteiger partial charge >= 0.3 is 0 Å². The molecule has 1 saturated heterocycles. The molecule has 2 aromatic carbocycles. The molecule has 1 aliphatic heterocycles. The predicted molar refractivity (Wildman–Crippen MR) is 104 cm³/mol. The molecule has 3 aromatic rings. The summed E-state index contributed by atoms with van der Waals surface area (Å²) in [6.07, 6.45) is 0. The summed E-state index contributed by atoms with van der Waals surface area (Å²) in [4.78, 5) is 19.9. The second kappa shape index (κ2) is 7.86. The van der Waals surface area contributed by atoms with Gasteiger partial charge in [0.05, 0.1) is 30.0 Å². The number of hydrogen-bond acceptors (Lipinski definition) is 4. The highest BCUT2D eigenvalue weighted by molar-refractivity contribution is 6.07. The van der Waals surface area contributed by atoms with Crippen molar-refractivity contribution in [2.24, 2.45) is 5.92 Å². The number of fused-ring (bicyclic) bond motifs is 1. The van der Waals surface area contributed by atoms with Crippen LogP contribution < -0.4 is 0 Å². The summed E-state index contributed by atoms with van der Waals surface area (Å²) in [7, 11) is 0. The van der Waals surface area contributed by atoms with Gasteiger partial charge in [-0.1, -0.05) is 48.5 Å². The molecule has 138 valence electrons.